The number of aldehydes is 1. The molecule has 16 heavy (non-hydrogen) atoms. The number of pyridine rings is 1. The lowest BCUT2D eigenvalue weighted by atomic mass is 10.0. The smallest absolute Gasteiger partial charge is 0.150 e. The van der Waals surface area contributed by atoms with Gasteiger partial charge in [0.2, 0.25) is 0 Å². The number of carbonyl (C=O) groups excluding carboxylic acids is 1. The summed E-state index contributed by atoms with van der Waals surface area (Å²) in [6, 6.07) is 5.85. The van der Waals surface area contributed by atoms with Crippen molar-refractivity contribution < 1.29 is 9.18 Å². The third-order valence-corrected chi connectivity index (χ3v) is 2.44. The fraction of sp³-hybridized carbons (Fsp3) is 0. The maximum absolute atomic E-state index is 13.6. The molecular weight excluding hydrogens is 229 g/mol. The zero-order valence-corrected chi connectivity index (χ0v) is 8.91. The van der Waals surface area contributed by atoms with Gasteiger partial charge in [0, 0.05) is 34.1 Å². The summed E-state index contributed by atoms with van der Waals surface area (Å²) < 4.78 is 13.6. The van der Waals surface area contributed by atoms with E-state index in [0.717, 1.165) is 0 Å². The van der Waals surface area contributed by atoms with Gasteiger partial charge in [-0.05, 0) is 24.3 Å². The van der Waals surface area contributed by atoms with Crippen LogP contribution in [0.25, 0.3) is 11.1 Å². The minimum Gasteiger partial charge on any atom is -0.298 e. The van der Waals surface area contributed by atoms with Crippen LogP contribution < -0.4 is 0 Å². The van der Waals surface area contributed by atoms with Crippen LogP contribution in [0.4, 0.5) is 4.39 Å². The number of rotatable bonds is 2. The fourth-order valence-electron chi connectivity index (χ4n) is 1.44. The topological polar surface area (TPSA) is 30.0 Å². The highest BCUT2D eigenvalue weighted by molar-refractivity contribution is 6.30. The molecule has 0 radical (unpaired) electrons. The van der Waals surface area contributed by atoms with Crippen molar-refractivity contribution in [1.29, 1.82) is 0 Å². The monoisotopic (exact) mass is 235 g/mol. The fourth-order valence-corrected chi connectivity index (χ4v) is 1.60. The molecule has 0 spiro atoms. The van der Waals surface area contributed by atoms with E-state index >= 15 is 0 Å². The van der Waals surface area contributed by atoms with Gasteiger partial charge in [-0.2, -0.15) is 0 Å². The van der Waals surface area contributed by atoms with Gasteiger partial charge in [0.25, 0.3) is 0 Å². The van der Waals surface area contributed by atoms with Crippen LogP contribution in [0.15, 0.2) is 36.7 Å². The molecule has 0 saturated heterocycles. The van der Waals surface area contributed by atoms with Crippen LogP contribution in [-0.2, 0) is 0 Å². The molecule has 1 heterocycles. The number of hydrogen-bond acceptors (Lipinski definition) is 2. The van der Waals surface area contributed by atoms with E-state index in [4.69, 9.17) is 11.6 Å². The zero-order valence-electron chi connectivity index (χ0n) is 8.15. The second-order valence-corrected chi connectivity index (χ2v) is 3.64. The second kappa shape index (κ2) is 4.41. The maximum atomic E-state index is 13.6. The molecule has 0 atom stereocenters. The van der Waals surface area contributed by atoms with Crippen LogP contribution >= 0.6 is 11.6 Å². The van der Waals surface area contributed by atoms with Crippen molar-refractivity contribution in [3.05, 3.63) is 53.1 Å². The first-order valence-electron chi connectivity index (χ1n) is 4.57. The molecule has 2 nitrogen and oxygen atoms in total. The molecule has 2 rings (SSSR count). The van der Waals surface area contributed by atoms with Crippen LogP contribution in [0, 0.1) is 5.82 Å². The van der Waals surface area contributed by atoms with Gasteiger partial charge < -0.3 is 0 Å². The first-order chi connectivity index (χ1) is 7.72. The lowest BCUT2D eigenvalue weighted by Crippen LogP contribution is -1.91. The minimum absolute atomic E-state index is 0.317. The maximum Gasteiger partial charge on any atom is 0.150 e. The quantitative estimate of drug-likeness (QED) is 0.747. The van der Waals surface area contributed by atoms with E-state index in [1.807, 2.05) is 0 Å². The van der Waals surface area contributed by atoms with Crippen molar-refractivity contribution in [3.63, 3.8) is 0 Å². The van der Waals surface area contributed by atoms with E-state index in [-0.39, 0.29) is 0 Å². The van der Waals surface area contributed by atoms with E-state index in [0.29, 0.717) is 28.0 Å². The third kappa shape index (κ3) is 1.95. The van der Waals surface area contributed by atoms with Crippen molar-refractivity contribution in [2.45, 2.75) is 0 Å². The average molecular weight is 236 g/mol. The van der Waals surface area contributed by atoms with Crippen LogP contribution in [0.3, 0.4) is 0 Å². The molecule has 4 heteroatoms. The molecule has 0 amide bonds. The normalized spacial score (nSPS) is 10.1. The molecule has 2 aromatic rings. The Morgan fingerprint density at radius 1 is 1.25 bits per heavy atom. The molecule has 0 N–H and O–H groups in total. The van der Waals surface area contributed by atoms with Crippen LogP contribution in [0.5, 0.6) is 0 Å². The second-order valence-electron chi connectivity index (χ2n) is 3.20. The summed E-state index contributed by atoms with van der Waals surface area (Å²) in [6.45, 7) is 0. The predicted octanol–water partition coefficient (Wildman–Crippen LogP) is 3.35. The molecule has 1 aromatic heterocycles. The zero-order chi connectivity index (χ0) is 11.5. The molecule has 0 aliphatic heterocycles. The molecule has 0 fully saturated rings. The van der Waals surface area contributed by atoms with Gasteiger partial charge in [0.05, 0.1) is 0 Å². The number of benzene rings is 1. The molecular formula is C12H7ClFNO. The van der Waals surface area contributed by atoms with E-state index in [9.17, 15) is 9.18 Å². The van der Waals surface area contributed by atoms with Crippen LogP contribution in [0.2, 0.25) is 5.02 Å². The summed E-state index contributed by atoms with van der Waals surface area (Å²) in [5.74, 6) is -0.469. The molecule has 0 bridgehead atoms. The van der Waals surface area contributed by atoms with Crippen molar-refractivity contribution in [2.75, 3.05) is 0 Å². The number of halogens is 2. The van der Waals surface area contributed by atoms with Crippen molar-refractivity contribution in [2.24, 2.45) is 0 Å². The number of aromatic nitrogens is 1. The number of nitrogens with zero attached hydrogens (tertiary/aromatic N) is 1. The predicted molar refractivity (Wildman–Crippen MR) is 60.0 cm³/mol. The van der Waals surface area contributed by atoms with E-state index < -0.39 is 5.82 Å². The van der Waals surface area contributed by atoms with Gasteiger partial charge in [-0.3, -0.25) is 9.78 Å². The molecule has 0 saturated carbocycles. The molecule has 0 aliphatic rings. The highest BCUT2D eigenvalue weighted by Crippen LogP contribution is 2.26. The summed E-state index contributed by atoms with van der Waals surface area (Å²) in [4.78, 5) is 14.7. The van der Waals surface area contributed by atoms with Gasteiger partial charge in [-0.15, -0.1) is 0 Å². The van der Waals surface area contributed by atoms with Crippen LogP contribution in [0.1, 0.15) is 10.4 Å². The summed E-state index contributed by atoms with van der Waals surface area (Å²) in [6.07, 6.45) is 3.61. The van der Waals surface area contributed by atoms with Gasteiger partial charge in [0.15, 0.2) is 6.29 Å². The lowest BCUT2D eigenvalue weighted by Gasteiger charge is -2.05. The standard InChI is InChI=1S/C12H7ClFNO/c13-9-1-2-10(12(14)5-9)11-6-15-4-3-8(11)7-16/h1-7H. The highest BCUT2D eigenvalue weighted by atomic mass is 35.5. The third-order valence-electron chi connectivity index (χ3n) is 2.20. The Morgan fingerprint density at radius 3 is 2.75 bits per heavy atom. The number of carbonyl (C=O) groups is 1. The van der Waals surface area contributed by atoms with Crippen molar-refractivity contribution in [3.8, 4) is 11.1 Å². The van der Waals surface area contributed by atoms with Gasteiger partial charge in [0.1, 0.15) is 5.82 Å². The molecule has 1 aromatic carbocycles. The Bertz CT molecular complexity index is 542. The molecule has 0 unspecified atom stereocenters. The van der Waals surface area contributed by atoms with Crippen LogP contribution in [-0.4, -0.2) is 11.3 Å². The average Bonchev–Trinajstić information content (AvgIpc) is 2.29. The van der Waals surface area contributed by atoms with Gasteiger partial charge >= 0.3 is 0 Å². The van der Waals surface area contributed by atoms with Gasteiger partial charge in [-0.25, -0.2) is 4.39 Å². The summed E-state index contributed by atoms with van der Waals surface area (Å²) in [5.41, 5.74) is 1.18. The van der Waals surface area contributed by atoms with Crippen molar-refractivity contribution >= 4 is 17.9 Å². The Kier molecular flexibility index (Phi) is 2.97. The van der Waals surface area contributed by atoms with E-state index in [2.05, 4.69) is 4.98 Å². The minimum atomic E-state index is -0.469. The summed E-state index contributed by atoms with van der Waals surface area (Å²) >= 11 is 5.65. The first-order valence-corrected chi connectivity index (χ1v) is 4.95. The first kappa shape index (κ1) is 10.8. The Morgan fingerprint density at radius 2 is 2.06 bits per heavy atom. The Labute approximate surface area is 96.7 Å². The van der Waals surface area contributed by atoms with E-state index in [1.54, 1.807) is 6.07 Å². The van der Waals surface area contributed by atoms with E-state index in [1.165, 1.54) is 30.6 Å². The largest absolute Gasteiger partial charge is 0.298 e. The highest BCUT2D eigenvalue weighted by Gasteiger charge is 2.09. The number of hydrogen-bond donors (Lipinski definition) is 0. The van der Waals surface area contributed by atoms with Gasteiger partial charge in [-0.1, -0.05) is 11.6 Å². The molecule has 0 aliphatic carbocycles. The SMILES string of the molecule is O=Cc1ccncc1-c1ccc(Cl)cc1F. The Balaban J connectivity index is 2.62. The summed E-state index contributed by atoms with van der Waals surface area (Å²) in [7, 11) is 0. The molecule has 80 valence electrons. The summed E-state index contributed by atoms with van der Waals surface area (Å²) in [5, 5.41) is 0.317. The van der Waals surface area contributed by atoms with Crippen molar-refractivity contribution in [1.82, 2.24) is 4.98 Å². The Hall–Kier alpha value is -1.74. The lowest BCUT2D eigenvalue weighted by molar-refractivity contribution is 0.112.